The fourth-order valence-corrected chi connectivity index (χ4v) is 1.84. The van der Waals surface area contributed by atoms with E-state index in [4.69, 9.17) is 5.73 Å². The van der Waals surface area contributed by atoms with E-state index in [1.54, 1.807) is 12.3 Å². The summed E-state index contributed by atoms with van der Waals surface area (Å²) in [5.74, 6) is 0. The summed E-state index contributed by atoms with van der Waals surface area (Å²) in [6, 6.07) is 9.83. The lowest BCUT2D eigenvalue weighted by Gasteiger charge is -2.13. The van der Waals surface area contributed by atoms with Crippen LogP contribution in [0.1, 0.15) is 22.9 Å². The minimum absolute atomic E-state index is 0.0736. The Hall–Kier alpha value is -2.27. The van der Waals surface area contributed by atoms with Crippen molar-refractivity contribution in [2.24, 2.45) is 5.73 Å². The predicted octanol–water partition coefficient (Wildman–Crippen LogP) is 2.35. The van der Waals surface area contributed by atoms with Crippen molar-refractivity contribution in [3.05, 3.63) is 69.5 Å². The summed E-state index contributed by atoms with van der Waals surface area (Å²) in [5.41, 5.74) is 8.57. The zero-order valence-electron chi connectivity index (χ0n) is 9.91. The molecule has 2 rings (SSSR count). The SMILES string of the molecule is Cc1cc([N+](=O)[O-])ccc1C(N)c1ccccn1. The van der Waals surface area contributed by atoms with E-state index in [1.807, 2.05) is 25.1 Å². The standard InChI is InChI=1S/C13H13N3O2/c1-9-8-10(16(17)18)5-6-11(9)13(14)12-4-2-3-7-15-12/h2-8,13H,14H2,1H3. The molecule has 0 aliphatic rings. The molecule has 1 aromatic heterocycles. The number of benzene rings is 1. The lowest BCUT2D eigenvalue weighted by Crippen LogP contribution is -2.14. The monoisotopic (exact) mass is 243 g/mol. The van der Waals surface area contributed by atoms with Gasteiger partial charge in [-0.2, -0.15) is 0 Å². The molecule has 5 nitrogen and oxygen atoms in total. The molecule has 0 bridgehead atoms. The normalized spacial score (nSPS) is 12.1. The molecule has 0 saturated carbocycles. The van der Waals surface area contributed by atoms with Crippen LogP contribution in [0.4, 0.5) is 5.69 Å². The highest BCUT2D eigenvalue weighted by molar-refractivity contribution is 5.42. The van der Waals surface area contributed by atoms with E-state index in [2.05, 4.69) is 4.98 Å². The van der Waals surface area contributed by atoms with Gasteiger partial charge in [0.15, 0.2) is 0 Å². The van der Waals surface area contributed by atoms with Crippen LogP contribution >= 0.6 is 0 Å². The summed E-state index contributed by atoms with van der Waals surface area (Å²) in [7, 11) is 0. The zero-order chi connectivity index (χ0) is 13.1. The van der Waals surface area contributed by atoms with E-state index in [9.17, 15) is 10.1 Å². The van der Waals surface area contributed by atoms with Gasteiger partial charge in [0.05, 0.1) is 16.7 Å². The molecular formula is C13H13N3O2. The fourth-order valence-electron chi connectivity index (χ4n) is 1.84. The van der Waals surface area contributed by atoms with Gasteiger partial charge in [-0.1, -0.05) is 6.07 Å². The molecule has 2 aromatic rings. The Kier molecular flexibility index (Phi) is 3.34. The first-order valence-electron chi connectivity index (χ1n) is 5.51. The summed E-state index contributed by atoms with van der Waals surface area (Å²) in [4.78, 5) is 14.4. The van der Waals surface area contributed by atoms with Gasteiger partial charge < -0.3 is 5.73 Å². The maximum atomic E-state index is 10.7. The molecule has 0 saturated heterocycles. The molecule has 92 valence electrons. The van der Waals surface area contributed by atoms with E-state index in [0.717, 1.165) is 16.8 Å². The van der Waals surface area contributed by atoms with Crippen LogP contribution in [0.15, 0.2) is 42.6 Å². The van der Waals surface area contributed by atoms with Gasteiger partial charge in [0.25, 0.3) is 5.69 Å². The lowest BCUT2D eigenvalue weighted by molar-refractivity contribution is -0.384. The highest BCUT2D eigenvalue weighted by Crippen LogP contribution is 2.24. The molecule has 0 aliphatic heterocycles. The average molecular weight is 243 g/mol. The molecule has 0 aliphatic carbocycles. The van der Waals surface area contributed by atoms with Crippen LogP contribution in [0.25, 0.3) is 0 Å². The highest BCUT2D eigenvalue weighted by Gasteiger charge is 2.15. The van der Waals surface area contributed by atoms with Crippen LogP contribution in [-0.4, -0.2) is 9.91 Å². The summed E-state index contributed by atoms with van der Waals surface area (Å²) < 4.78 is 0. The number of aromatic nitrogens is 1. The Balaban J connectivity index is 2.37. The van der Waals surface area contributed by atoms with Crippen LogP contribution < -0.4 is 5.73 Å². The molecule has 0 amide bonds. The number of aryl methyl sites for hydroxylation is 1. The predicted molar refractivity (Wildman–Crippen MR) is 68.1 cm³/mol. The molecule has 0 spiro atoms. The number of pyridine rings is 1. The van der Waals surface area contributed by atoms with Gasteiger partial charge in [0.1, 0.15) is 0 Å². The van der Waals surface area contributed by atoms with Gasteiger partial charge in [-0.05, 0) is 36.2 Å². The first kappa shape index (κ1) is 12.2. The van der Waals surface area contributed by atoms with Crippen molar-refractivity contribution in [1.29, 1.82) is 0 Å². The van der Waals surface area contributed by atoms with Gasteiger partial charge in [0, 0.05) is 18.3 Å². The molecule has 18 heavy (non-hydrogen) atoms. The van der Waals surface area contributed by atoms with Gasteiger partial charge >= 0.3 is 0 Å². The van der Waals surface area contributed by atoms with Crippen LogP contribution in [0.2, 0.25) is 0 Å². The number of hydrogen-bond donors (Lipinski definition) is 1. The minimum atomic E-state index is -0.414. The summed E-state index contributed by atoms with van der Waals surface area (Å²) in [6.07, 6.45) is 1.68. The second-order valence-corrected chi connectivity index (χ2v) is 4.03. The largest absolute Gasteiger partial charge is 0.319 e. The zero-order valence-corrected chi connectivity index (χ0v) is 9.91. The topological polar surface area (TPSA) is 82.0 Å². The smallest absolute Gasteiger partial charge is 0.269 e. The summed E-state index contributed by atoms with van der Waals surface area (Å²) >= 11 is 0. The summed E-state index contributed by atoms with van der Waals surface area (Å²) in [5, 5.41) is 10.7. The first-order chi connectivity index (χ1) is 8.59. The van der Waals surface area contributed by atoms with Crippen LogP contribution in [0.3, 0.4) is 0 Å². The Labute approximate surface area is 104 Å². The van der Waals surface area contributed by atoms with E-state index in [-0.39, 0.29) is 11.7 Å². The second kappa shape index (κ2) is 4.93. The summed E-state index contributed by atoms with van der Waals surface area (Å²) in [6.45, 7) is 1.81. The number of non-ortho nitro benzene ring substituents is 1. The number of nitro groups is 1. The van der Waals surface area contributed by atoms with Crippen molar-refractivity contribution >= 4 is 5.69 Å². The molecule has 1 unspecified atom stereocenters. The van der Waals surface area contributed by atoms with Gasteiger partial charge in [-0.3, -0.25) is 15.1 Å². The third-order valence-corrected chi connectivity index (χ3v) is 2.81. The average Bonchev–Trinajstić information content (AvgIpc) is 2.38. The number of rotatable bonds is 3. The van der Waals surface area contributed by atoms with Crippen molar-refractivity contribution in [1.82, 2.24) is 4.98 Å². The third-order valence-electron chi connectivity index (χ3n) is 2.81. The highest BCUT2D eigenvalue weighted by atomic mass is 16.6. The maximum Gasteiger partial charge on any atom is 0.269 e. The number of nitro benzene ring substituents is 1. The van der Waals surface area contributed by atoms with Crippen molar-refractivity contribution < 1.29 is 4.92 Å². The lowest BCUT2D eigenvalue weighted by atomic mass is 9.98. The van der Waals surface area contributed by atoms with E-state index < -0.39 is 4.92 Å². The minimum Gasteiger partial charge on any atom is -0.319 e. The van der Waals surface area contributed by atoms with Gasteiger partial charge in [0.2, 0.25) is 0 Å². The van der Waals surface area contributed by atoms with E-state index >= 15 is 0 Å². The van der Waals surface area contributed by atoms with Crippen LogP contribution in [0.5, 0.6) is 0 Å². The molecule has 0 fully saturated rings. The molecule has 2 N–H and O–H groups in total. The van der Waals surface area contributed by atoms with Crippen LogP contribution in [0, 0.1) is 17.0 Å². The van der Waals surface area contributed by atoms with Gasteiger partial charge in [-0.25, -0.2) is 0 Å². The Morgan fingerprint density at radius 1 is 1.33 bits per heavy atom. The Morgan fingerprint density at radius 2 is 2.11 bits per heavy atom. The maximum absolute atomic E-state index is 10.7. The molecule has 5 heteroatoms. The Bertz CT molecular complexity index is 570. The first-order valence-corrected chi connectivity index (χ1v) is 5.51. The number of nitrogens with two attached hydrogens (primary N) is 1. The van der Waals surface area contributed by atoms with E-state index in [1.165, 1.54) is 12.1 Å². The number of hydrogen-bond acceptors (Lipinski definition) is 4. The molecular weight excluding hydrogens is 230 g/mol. The van der Waals surface area contributed by atoms with Crippen molar-refractivity contribution in [3.8, 4) is 0 Å². The second-order valence-electron chi connectivity index (χ2n) is 4.03. The van der Waals surface area contributed by atoms with Crippen LogP contribution in [-0.2, 0) is 0 Å². The fraction of sp³-hybridized carbons (Fsp3) is 0.154. The number of nitrogens with zero attached hydrogens (tertiary/aromatic N) is 2. The molecule has 0 radical (unpaired) electrons. The Morgan fingerprint density at radius 3 is 2.67 bits per heavy atom. The van der Waals surface area contributed by atoms with E-state index in [0.29, 0.717) is 0 Å². The third kappa shape index (κ3) is 2.36. The molecule has 1 aromatic carbocycles. The van der Waals surface area contributed by atoms with Crippen molar-refractivity contribution in [3.63, 3.8) is 0 Å². The van der Waals surface area contributed by atoms with Crippen molar-refractivity contribution in [2.45, 2.75) is 13.0 Å². The van der Waals surface area contributed by atoms with Crippen molar-refractivity contribution in [2.75, 3.05) is 0 Å². The quantitative estimate of drug-likeness (QED) is 0.662. The van der Waals surface area contributed by atoms with Gasteiger partial charge in [-0.15, -0.1) is 0 Å². The molecule has 1 heterocycles. The molecule has 1 atom stereocenters.